The summed E-state index contributed by atoms with van der Waals surface area (Å²) in [5.74, 6) is 1.59. The van der Waals surface area contributed by atoms with Crippen LogP contribution in [0.15, 0.2) is 4.99 Å². The Morgan fingerprint density at radius 1 is 1.20 bits per heavy atom. The summed E-state index contributed by atoms with van der Waals surface area (Å²) in [5, 5.41) is 6.64. The minimum absolute atomic E-state index is 0. The van der Waals surface area contributed by atoms with E-state index in [0.717, 1.165) is 25.5 Å². The Labute approximate surface area is 142 Å². The number of hydrogen-bond acceptors (Lipinski definition) is 2. The van der Waals surface area contributed by atoms with Gasteiger partial charge in [0.15, 0.2) is 5.96 Å². The number of nitrogens with one attached hydrogen (secondary N) is 2. The Bertz CT molecular complexity index is 262. The number of halogens is 1. The molecule has 0 heterocycles. The van der Waals surface area contributed by atoms with Gasteiger partial charge in [-0.25, -0.2) is 0 Å². The number of guanidine groups is 1. The molecule has 0 aromatic rings. The van der Waals surface area contributed by atoms with E-state index >= 15 is 0 Å². The highest BCUT2D eigenvalue weighted by Gasteiger charge is 2.23. The number of methoxy groups -OCH3 is 1. The van der Waals surface area contributed by atoms with E-state index in [1.165, 1.54) is 0 Å². The second-order valence-corrected chi connectivity index (χ2v) is 6.42. The Hall–Kier alpha value is -0.0400. The van der Waals surface area contributed by atoms with E-state index in [0.29, 0.717) is 12.5 Å². The monoisotopic (exact) mass is 399 g/mol. The quantitative estimate of drug-likeness (QED) is 0.393. The summed E-state index contributed by atoms with van der Waals surface area (Å²) in [7, 11) is 1.75. The molecule has 0 spiro atoms. The molecule has 0 aliphatic carbocycles. The van der Waals surface area contributed by atoms with Gasteiger partial charge in [0.25, 0.3) is 0 Å². The molecule has 0 saturated carbocycles. The molecule has 2 N–H and O–H groups in total. The van der Waals surface area contributed by atoms with Gasteiger partial charge in [-0.05, 0) is 24.7 Å². The molecule has 5 heteroatoms. The minimum atomic E-state index is 0. The molecule has 4 nitrogen and oxygen atoms in total. The van der Waals surface area contributed by atoms with Crippen molar-refractivity contribution in [2.45, 2.75) is 54.1 Å². The van der Waals surface area contributed by atoms with Crippen LogP contribution in [-0.4, -0.2) is 38.8 Å². The number of ether oxygens (including phenoxy) is 1. The van der Waals surface area contributed by atoms with E-state index < -0.39 is 0 Å². The Balaban J connectivity index is 0. The lowest BCUT2D eigenvalue weighted by Crippen LogP contribution is -2.40. The Morgan fingerprint density at radius 3 is 2.20 bits per heavy atom. The van der Waals surface area contributed by atoms with E-state index in [-0.39, 0.29) is 35.5 Å². The van der Waals surface area contributed by atoms with Crippen molar-refractivity contribution in [3.05, 3.63) is 0 Å². The Morgan fingerprint density at radius 2 is 1.80 bits per heavy atom. The number of nitrogens with zero attached hydrogens (tertiary/aromatic N) is 1. The minimum Gasteiger partial charge on any atom is -0.379 e. The van der Waals surface area contributed by atoms with Gasteiger partial charge >= 0.3 is 0 Å². The van der Waals surface area contributed by atoms with E-state index in [1.807, 2.05) is 0 Å². The van der Waals surface area contributed by atoms with Crippen LogP contribution in [0.4, 0.5) is 0 Å². The predicted molar refractivity (Wildman–Crippen MR) is 99.1 cm³/mol. The fourth-order valence-electron chi connectivity index (χ4n) is 1.70. The van der Waals surface area contributed by atoms with Crippen LogP contribution in [0.2, 0.25) is 0 Å². The van der Waals surface area contributed by atoms with Gasteiger partial charge in [0, 0.05) is 20.2 Å². The van der Waals surface area contributed by atoms with E-state index in [2.05, 4.69) is 57.2 Å². The highest BCUT2D eigenvalue weighted by molar-refractivity contribution is 14.0. The van der Waals surface area contributed by atoms with Crippen LogP contribution in [0, 0.1) is 11.3 Å². The second kappa shape index (κ2) is 11.6. The maximum absolute atomic E-state index is 5.52. The maximum atomic E-state index is 5.52. The molecule has 0 rings (SSSR count). The number of rotatable bonds is 7. The van der Waals surface area contributed by atoms with Crippen LogP contribution in [0.1, 0.15) is 48.0 Å². The maximum Gasteiger partial charge on any atom is 0.191 e. The van der Waals surface area contributed by atoms with Crippen molar-refractivity contribution in [3.63, 3.8) is 0 Å². The summed E-state index contributed by atoms with van der Waals surface area (Å²) >= 11 is 0. The molecule has 0 saturated heterocycles. The van der Waals surface area contributed by atoms with Gasteiger partial charge in [-0.2, -0.15) is 0 Å². The first-order valence-corrected chi connectivity index (χ1v) is 7.36. The molecule has 0 amide bonds. The highest BCUT2D eigenvalue weighted by atomic mass is 127. The molecule has 0 bridgehead atoms. The lowest BCUT2D eigenvalue weighted by Gasteiger charge is -2.28. The van der Waals surface area contributed by atoms with Crippen LogP contribution in [-0.2, 0) is 4.74 Å². The van der Waals surface area contributed by atoms with Gasteiger partial charge in [0.1, 0.15) is 0 Å². The van der Waals surface area contributed by atoms with Crippen LogP contribution in [0.3, 0.4) is 0 Å². The third kappa shape index (κ3) is 10.7. The van der Waals surface area contributed by atoms with Crippen molar-refractivity contribution in [2.24, 2.45) is 16.3 Å². The smallest absolute Gasteiger partial charge is 0.191 e. The average molecular weight is 399 g/mol. The molecule has 0 fully saturated rings. The molecule has 0 aromatic heterocycles. The summed E-state index contributed by atoms with van der Waals surface area (Å²) in [5.41, 5.74) is 0.105. The normalized spacial score (nSPS) is 13.9. The fourth-order valence-corrected chi connectivity index (χ4v) is 1.70. The topological polar surface area (TPSA) is 45.7 Å². The fraction of sp³-hybridized carbons (Fsp3) is 0.933. The highest BCUT2D eigenvalue weighted by Crippen LogP contribution is 2.21. The largest absolute Gasteiger partial charge is 0.379 e. The molecule has 20 heavy (non-hydrogen) atoms. The molecule has 0 aliphatic rings. The van der Waals surface area contributed by atoms with Crippen LogP contribution >= 0.6 is 24.0 Å². The molecule has 1 atom stereocenters. The number of hydrogen-bond donors (Lipinski definition) is 2. The van der Waals surface area contributed by atoms with Crippen molar-refractivity contribution < 1.29 is 4.74 Å². The van der Waals surface area contributed by atoms with Crippen molar-refractivity contribution in [3.8, 4) is 0 Å². The molecular formula is C15H34IN3O. The molecule has 122 valence electrons. The second-order valence-electron chi connectivity index (χ2n) is 6.42. The van der Waals surface area contributed by atoms with Gasteiger partial charge in [-0.15, -0.1) is 24.0 Å². The summed E-state index contributed by atoms with van der Waals surface area (Å²) in [6.07, 6.45) is 1.28. The standard InChI is InChI=1S/C15H33N3O.HI/c1-8-16-14(17-10-9-12(2)3)18-11-13(19-7)15(4,5)6;/h12-13H,8-11H2,1-7H3,(H2,16,17,18);1H. The third-order valence-corrected chi connectivity index (χ3v) is 3.02. The van der Waals surface area contributed by atoms with Crippen molar-refractivity contribution in [1.82, 2.24) is 10.6 Å². The SMILES string of the molecule is CCNC(=NCC(OC)C(C)(C)C)NCCC(C)C.I. The van der Waals surface area contributed by atoms with Gasteiger partial charge in [-0.3, -0.25) is 4.99 Å². The first-order valence-electron chi connectivity index (χ1n) is 7.36. The first kappa shape index (κ1) is 22.2. The van der Waals surface area contributed by atoms with Crippen LogP contribution in [0.5, 0.6) is 0 Å². The van der Waals surface area contributed by atoms with Gasteiger partial charge < -0.3 is 15.4 Å². The summed E-state index contributed by atoms with van der Waals surface area (Å²) in [4.78, 5) is 4.62. The van der Waals surface area contributed by atoms with E-state index in [1.54, 1.807) is 7.11 Å². The first-order chi connectivity index (χ1) is 8.81. The van der Waals surface area contributed by atoms with Gasteiger partial charge in [0.05, 0.1) is 12.6 Å². The summed E-state index contributed by atoms with van der Waals surface area (Å²) in [6, 6.07) is 0. The van der Waals surface area contributed by atoms with E-state index in [4.69, 9.17) is 4.74 Å². The number of aliphatic imine (C=N–C) groups is 1. The summed E-state index contributed by atoms with van der Waals surface area (Å²) < 4.78 is 5.52. The van der Waals surface area contributed by atoms with Crippen molar-refractivity contribution in [2.75, 3.05) is 26.7 Å². The van der Waals surface area contributed by atoms with Gasteiger partial charge in [0.2, 0.25) is 0 Å². The van der Waals surface area contributed by atoms with Crippen LogP contribution < -0.4 is 10.6 Å². The molecule has 0 aromatic carbocycles. The average Bonchev–Trinajstić information content (AvgIpc) is 2.27. The lowest BCUT2D eigenvalue weighted by molar-refractivity contribution is 0.0241. The lowest BCUT2D eigenvalue weighted by atomic mass is 9.89. The zero-order valence-electron chi connectivity index (χ0n) is 14.2. The third-order valence-electron chi connectivity index (χ3n) is 3.02. The molecule has 0 aliphatic heterocycles. The summed E-state index contributed by atoms with van der Waals surface area (Å²) in [6.45, 7) is 15.6. The molecule has 1 unspecified atom stereocenters. The molecular weight excluding hydrogens is 365 g/mol. The van der Waals surface area contributed by atoms with E-state index in [9.17, 15) is 0 Å². The zero-order valence-corrected chi connectivity index (χ0v) is 16.6. The van der Waals surface area contributed by atoms with Crippen molar-refractivity contribution in [1.29, 1.82) is 0 Å². The van der Waals surface area contributed by atoms with Crippen molar-refractivity contribution >= 4 is 29.9 Å². The molecule has 0 radical (unpaired) electrons. The predicted octanol–water partition coefficient (Wildman–Crippen LogP) is 3.27. The van der Waals surface area contributed by atoms with Crippen LogP contribution in [0.25, 0.3) is 0 Å². The Kier molecular flexibility index (Phi) is 12.9. The zero-order chi connectivity index (χ0) is 14.9. The van der Waals surface area contributed by atoms with Gasteiger partial charge in [-0.1, -0.05) is 34.6 Å².